The molecule has 0 saturated heterocycles. The summed E-state index contributed by atoms with van der Waals surface area (Å²) in [5.74, 6) is 0.564. The van der Waals surface area contributed by atoms with Crippen molar-refractivity contribution in [3.8, 4) is 0 Å². The lowest BCUT2D eigenvalue weighted by Crippen LogP contribution is -2.30. The highest BCUT2D eigenvalue weighted by Crippen LogP contribution is 2.68. The van der Waals surface area contributed by atoms with Gasteiger partial charge in [0.25, 0.3) is 0 Å². The van der Waals surface area contributed by atoms with Crippen molar-refractivity contribution < 1.29 is 9.59 Å². The van der Waals surface area contributed by atoms with Crippen molar-refractivity contribution in [2.45, 2.75) is 20.3 Å². The van der Waals surface area contributed by atoms with Gasteiger partial charge in [-0.25, -0.2) is 0 Å². The molecule has 1 aromatic rings. The maximum Gasteiger partial charge on any atom is 0.248 e. The van der Waals surface area contributed by atoms with Crippen LogP contribution in [0, 0.1) is 23.2 Å². The zero-order valence-electron chi connectivity index (χ0n) is 13.0. The Bertz CT molecular complexity index is 657. The molecule has 0 spiro atoms. The number of amides is 1. The van der Waals surface area contributed by atoms with Gasteiger partial charge in [-0.3, -0.25) is 9.59 Å². The standard InChI is InChI=1S/C19H21NO2/c1-12(17-15(21)11-14-18(17)19(14,2)3)20-16(22)10-9-13-7-5-4-6-8-13/h4-10,14,17-18H,1,11H2,2-3H3,(H,20,22)/b10-9+/t14-,17-,18-/m1/s1. The first-order valence-corrected chi connectivity index (χ1v) is 7.67. The van der Waals surface area contributed by atoms with Crippen molar-refractivity contribution in [1.29, 1.82) is 0 Å². The van der Waals surface area contributed by atoms with Gasteiger partial charge in [-0.1, -0.05) is 50.8 Å². The van der Waals surface area contributed by atoms with Gasteiger partial charge in [0, 0.05) is 18.2 Å². The summed E-state index contributed by atoms with van der Waals surface area (Å²) >= 11 is 0. The van der Waals surface area contributed by atoms with E-state index in [0.717, 1.165) is 5.56 Å². The van der Waals surface area contributed by atoms with Crippen molar-refractivity contribution in [1.82, 2.24) is 5.32 Å². The normalized spacial score (nSPS) is 28.5. The van der Waals surface area contributed by atoms with Gasteiger partial charge >= 0.3 is 0 Å². The number of carbonyl (C=O) groups excluding carboxylic acids is 2. The fraction of sp³-hybridized carbons (Fsp3) is 0.368. The summed E-state index contributed by atoms with van der Waals surface area (Å²) in [4.78, 5) is 24.1. The number of Topliss-reactive ketones (excluding diaryl/α,β-unsaturated/α-hetero) is 1. The molecule has 0 aliphatic heterocycles. The van der Waals surface area contributed by atoms with Crippen LogP contribution in [-0.4, -0.2) is 11.7 Å². The highest BCUT2D eigenvalue weighted by Gasteiger charge is 2.67. The van der Waals surface area contributed by atoms with Gasteiger partial charge < -0.3 is 5.32 Å². The molecule has 3 rings (SSSR count). The first-order chi connectivity index (χ1) is 10.4. The van der Waals surface area contributed by atoms with E-state index in [9.17, 15) is 9.59 Å². The largest absolute Gasteiger partial charge is 0.326 e. The molecule has 0 heterocycles. The minimum atomic E-state index is -0.233. The van der Waals surface area contributed by atoms with E-state index in [2.05, 4.69) is 25.7 Å². The van der Waals surface area contributed by atoms with Crippen LogP contribution in [0.3, 0.4) is 0 Å². The number of nitrogens with one attached hydrogen (secondary N) is 1. The summed E-state index contributed by atoms with van der Waals surface area (Å²) in [6.07, 6.45) is 3.86. The Hall–Kier alpha value is -2.16. The van der Waals surface area contributed by atoms with Crippen LogP contribution in [0.5, 0.6) is 0 Å². The second-order valence-electron chi connectivity index (χ2n) is 6.86. The second kappa shape index (κ2) is 5.24. The molecule has 3 nitrogen and oxygen atoms in total. The molecule has 1 aromatic carbocycles. The molecule has 1 N–H and O–H groups in total. The van der Waals surface area contributed by atoms with E-state index in [-0.39, 0.29) is 23.0 Å². The van der Waals surface area contributed by atoms with Crippen LogP contribution in [0.15, 0.2) is 48.7 Å². The maximum atomic E-state index is 12.1. The molecule has 0 bridgehead atoms. The van der Waals surface area contributed by atoms with Gasteiger partial charge in [0.2, 0.25) is 5.91 Å². The van der Waals surface area contributed by atoms with Crippen molar-refractivity contribution in [2.75, 3.05) is 0 Å². The lowest BCUT2D eigenvalue weighted by molar-refractivity contribution is -0.121. The van der Waals surface area contributed by atoms with Gasteiger partial charge in [-0.05, 0) is 28.9 Å². The van der Waals surface area contributed by atoms with Gasteiger partial charge in [-0.15, -0.1) is 0 Å². The van der Waals surface area contributed by atoms with Gasteiger partial charge in [0.1, 0.15) is 5.78 Å². The zero-order chi connectivity index (χ0) is 15.9. The Morgan fingerprint density at radius 2 is 2.00 bits per heavy atom. The predicted octanol–water partition coefficient (Wildman–Crippen LogP) is 3.19. The summed E-state index contributed by atoms with van der Waals surface area (Å²) in [6, 6.07) is 9.62. The predicted molar refractivity (Wildman–Crippen MR) is 86.6 cm³/mol. The summed E-state index contributed by atoms with van der Waals surface area (Å²) < 4.78 is 0. The van der Waals surface area contributed by atoms with Gasteiger partial charge in [0.15, 0.2) is 0 Å². The summed E-state index contributed by atoms with van der Waals surface area (Å²) in [5, 5.41) is 2.78. The van der Waals surface area contributed by atoms with Crippen LogP contribution in [-0.2, 0) is 9.59 Å². The van der Waals surface area contributed by atoms with E-state index in [1.54, 1.807) is 6.08 Å². The molecule has 2 aliphatic carbocycles. The molecule has 3 heteroatoms. The van der Waals surface area contributed by atoms with Gasteiger partial charge in [-0.2, -0.15) is 0 Å². The second-order valence-corrected chi connectivity index (χ2v) is 6.86. The monoisotopic (exact) mass is 295 g/mol. The Labute approximate surface area is 131 Å². The molecular weight excluding hydrogens is 274 g/mol. The number of ketones is 1. The van der Waals surface area contributed by atoms with Crippen molar-refractivity contribution in [2.24, 2.45) is 23.2 Å². The molecule has 2 saturated carbocycles. The topological polar surface area (TPSA) is 46.2 Å². The lowest BCUT2D eigenvalue weighted by Gasteiger charge is -2.19. The Morgan fingerprint density at radius 3 is 2.64 bits per heavy atom. The average molecular weight is 295 g/mol. The number of carbonyl (C=O) groups is 2. The minimum Gasteiger partial charge on any atom is -0.326 e. The van der Waals surface area contributed by atoms with E-state index in [4.69, 9.17) is 0 Å². The number of rotatable bonds is 4. The van der Waals surface area contributed by atoms with Crippen molar-refractivity contribution >= 4 is 17.8 Å². The Morgan fingerprint density at radius 1 is 1.32 bits per heavy atom. The summed E-state index contributed by atoms with van der Waals surface area (Å²) in [7, 11) is 0. The third-order valence-corrected chi connectivity index (χ3v) is 5.15. The highest BCUT2D eigenvalue weighted by atomic mass is 16.1. The van der Waals surface area contributed by atoms with Crippen LogP contribution in [0.2, 0.25) is 0 Å². The number of fused-ring (bicyclic) bond motifs is 1. The Kier molecular flexibility index (Phi) is 3.51. The Balaban J connectivity index is 1.61. The smallest absolute Gasteiger partial charge is 0.248 e. The number of benzene rings is 1. The molecule has 2 fully saturated rings. The summed E-state index contributed by atoms with van der Waals surface area (Å²) in [5.41, 5.74) is 1.71. The molecule has 3 atom stereocenters. The van der Waals surface area contributed by atoms with Crippen molar-refractivity contribution in [3.05, 3.63) is 54.2 Å². The van der Waals surface area contributed by atoms with E-state index in [0.29, 0.717) is 24.0 Å². The van der Waals surface area contributed by atoms with Crippen molar-refractivity contribution in [3.63, 3.8) is 0 Å². The average Bonchev–Trinajstić information content (AvgIpc) is 2.84. The van der Waals surface area contributed by atoms with Crippen LogP contribution in [0.4, 0.5) is 0 Å². The lowest BCUT2D eigenvalue weighted by atomic mass is 9.90. The highest BCUT2D eigenvalue weighted by molar-refractivity contribution is 5.95. The molecule has 1 amide bonds. The number of allylic oxidation sites excluding steroid dienone is 1. The third kappa shape index (κ3) is 2.52. The van der Waals surface area contributed by atoms with Crippen LogP contribution < -0.4 is 5.32 Å². The maximum absolute atomic E-state index is 12.1. The van der Waals surface area contributed by atoms with Crippen LogP contribution in [0.1, 0.15) is 25.8 Å². The fourth-order valence-electron chi connectivity index (χ4n) is 3.81. The van der Waals surface area contributed by atoms with Crippen LogP contribution >= 0.6 is 0 Å². The molecule has 0 unspecified atom stereocenters. The first kappa shape index (κ1) is 14.8. The SMILES string of the molecule is C=C(NC(=O)/C=C/c1ccccc1)[C@@H]1C(=O)C[C@@H]2[C@H]1C2(C)C. The molecule has 0 radical (unpaired) electrons. The number of hydrogen-bond acceptors (Lipinski definition) is 2. The summed E-state index contributed by atoms with van der Waals surface area (Å²) in [6.45, 7) is 8.31. The molecule has 22 heavy (non-hydrogen) atoms. The van der Waals surface area contributed by atoms with E-state index >= 15 is 0 Å². The minimum absolute atomic E-state index is 0.201. The van der Waals surface area contributed by atoms with E-state index in [1.165, 1.54) is 6.08 Å². The quantitative estimate of drug-likeness (QED) is 0.867. The third-order valence-electron chi connectivity index (χ3n) is 5.15. The number of hydrogen-bond donors (Lipinski definition) is 1. The molecule has 114 valence electrons. The fourth-order valence-corrected chi connectivity index (χ4v) is 3.81. The molecule has 0 aromatic heterocycles. The van der Waals surface area contributed by atoms with Gasteiger partial charge in [0.05, 0.1) is 5.92 Å². The van der Waals surface area contributed by atoms with E-state index < -0.39 is 0 Å². The molecule has 2 aliphatic rings. The molecular formula is C19H21NO2. The van der Waals surface area contributed by atoms with Crippen LogP contribution in [0.25, 0.3) is 6.08 Å². The first-order valence-electron chi connectivity index (χ1n) is 7.67. The zero-order valence-corrected chi connectivity index (χ0v) is 13.0. The van der Waals surface area contributed by atoms with E-state index in [1.807, 2.05) is 30.3 Å².